The molecule has 5 heteroatoms. The molecule has 1 aliphatic rings. The van der Waals surface area contributed by atoms with Gasteiger partial charge < -0.3 is 4.74 Å². The molecule has 0 saturated carbocycles. The van der Waals surface area contributed by atoms with Crippen LogP contribution in [0.15, 0.2) is 48.5 Å². The van der Waals surface area contributed by atoms with Gasteiger partial charge in [0.15, 0.2) is 0 Å². The highest BCUT2D eigenvalue weighted by Gasteiger charge is 2.33. The van der Waals surface area contributed by atoms with Crippen LogP contribution in [0.2, 0.25) is 0 Å². The van der Waals surface area contributed by atoms with Crippen LogP contribution in [0.25, 0.3) is 0 Å². The Morgan fingerprint density at radius 3 is 2.43 bits per heavy atom. The van der Waals surface area contributed by atoms with Gasteiger partial charge in [-0.15, -0.1) is 0 Å². The number of fused-ring (bicyclic) bond motifs is 1. The Kier molecular flexibility index (Phi) is 3.93. The fraction of sp³-hybridized carbons (Fsp3) is 0.167. The third kappa shape index (κ3) is 2.85. The van der Waals surface area contributed by atoms with Crippen LogP contribution >= 0.6 is 0 Å². The minimum atomic E-state index is -0.501. The SMILES string of the molecule is CN1C(=O)c2ccc(C(=O)OCCc3ccccc3)cc2C1=O. The maximum absolute atomic E-state index is 12.1. The maximum atomic E-state index is 12.1. The van der Waals surface area contributed by atoms with E-state index in [0.29, 0.717) is 12.0 Å². The number of esters is 1. The van der Waals surface area contributed by atoms with Crippen LogP contribution in [0.3, 0.4) is 0 Å². The van der Waals surface area contributed by atoms with Crippen molar-refractivity contribution in [3.05, 3.63) is 70.8 Å². The summed E-state index contributed by atoms with van der Waals surface area (Å²) in [4.78, 5) is 36.8. The second-order valence-electron chi connectivity index (χ2n) is 5.30. The first kappa shape index (κ1) is 15.0. The summed E-state index contributed by atoms with van der Waals surface area (Å²) >= 11 is 0. The molecular formula is C18H15NO4. The van der Waals surface area contributed by atoms with Gasteiger partial charge in [-0.2, -0.15) is 0 Å². The van der Waals surface area contributed by atoms with E-state index in [2.05, 4.69) is 0 Å². The van der Waals surface area contributed by atoms with E-state index in [1.165, 1.54) is 25.2 Å². The number of hydrogen-bond donors (Lipinski definition) is 0. The highest BCUT2D eigenvalue weighted by atomic mass is 16.5. The first-order valence-corrected chi connectivity index (χ1v) is 7.25. The number of carbonyl (C=O) groups excluding carboxylic acids is 3. The Hall–Kier alpha value is -2.95. The standard InChI is InChI=1S/C18H15NO4/c1-19-16(20)14-8-7-13(11-15(14)17(19)21)18(22)23-10-9-12-5-3-2-4-6-12/h2-8,11H,9-10H2,1H3. The monoisotopic (exact) mass is 309 g/mol. The molecule has 0 spiro atoms. The smallest absolute Gasteiger partial charge is 0.338 e. The normalized spacial score (nSPS) is 13.2. The molecule has 23 heavy (non-hydrogen) atoms. The Labute approximate surface area is 133 Å². The molecule has 0 radical (unpaired) electrons. The molecule has 5 nitrogen and oxygen atoms in total. The molecule has 0 N–H and O–H groups in total. The molecule has 0 saturated heterocycles. The zero-order chi connectivity index (χ0) is 16.4. The van der Waals surface area contributed by atoms with Gasteiger partial charge >= 0.3 is 5.97 Å². The lowest BCUT2D eigenvalue weighted by Gasteiger charge is -2.06. The third-order valence-corrected chi connectivity index (χ3v) is 3.79. The summed E-state index contributed by atoms with van der Waals surface area (Å²) in [6, 6.07) is 14.1. The first-order chi connectivity index (χ1) is 11.1. The average Bonchev–Trinajstić information content (AvgIpc) is 2.80. The van der Waals surface area contributed by atoms with Crippen LogP contribution in [0.5, 0.6) is 0 Å². The Balaban J connectivity index is 1.67. The number of ether oxygens (including phenoxy) is 1. The van der Waals surface area contributed by atoms with Crippen LogP contribution < -0.4 is 0 Å². The van der Waals surface area contributed by atoms with E-state index in [1.54, 1.807) is 0 Å². The van der Waals surface area contributed by atoms with Crippen molar-refractivity contribution in [3.8, 4) is 0 Å². The van der Waals surface area contributed by atoms with E-state index < -0.39 is 11.9 Å². The van der Waals surface area contributed by atoms with E-state index in [0.717, 1.165) is 10.5 Å². The summed E-state index contributed by atoms with van der Waals surface area (Å²) in [6.45, 7) is 0.257. The molecule has 0 unspecified atom stereocenters. The van der Waals surface area contributed by atoms with E-state index in [1.807, 2.05) is 30.3 Å². The Morgan fingerprint density at radius 2 is 1.70 bits per heavy atom. The number of nitrogens with zero attached hydrogens (tertiary/aromatic N) is 1. The molecule has 2 aromatic rings. The molecule has 0 aliphatic carbocycles. The van der Waals surface area contributed by atoms with Gasteiger partial charge in [0.2, 0.25) is 0 Å². The molecule has 1 aliphatic heterocycles. The largest absolute Gasteiger partial charge is 0.462 e. The molecule has 0 aromatic heterocycles. The van der Waals surface area contributed by atoms with Crippen molar-refractivity contribution in [2.75, 3.05) is 13.7 Å². The summed E-state index contributed by atoms with van der Waals surface area (Å²) in [5.41, 5.74) is 1.92. The van der Waals surface area contributed by atoms with E-state index in [4.69, 9.17) is 4.74 Å². The minimum Gasteiger partial charge on any atom is -0.462 e. The van der Waals surface area contributed by atoms with Crippen molar-refractivity contribution in [1.29, 1.82) is 0 Å². The molecule has 2 aromatic carbocycles. The summed E-state index contributed by atoms with van der Waals surface area (Å²) in [5.74, 6) is -1.25. The first-order valence-electron chi connectivity index (χ1n) is 7.25. The van der Waals surface area contributed by atoms with Crippen molar-refractivity contribution in [2.45, 2.75) is 6.42 Å². The molecule has 1 heterocycles. The third-order valence-electron chi connectivity index (χ3n) is 3.79. The molecule has 0 bridgehead atoms. The number of carbonyl (C=O) groups is 3. The Morgan fingerprint density at radius 1 is 1.00 bits per heavy atom. The van der Waals surface area contributed by atoms with Gasteiger partial charge in [-0.25, -0.2) is 4.79 Å². The lowest BCUT2D eigenvalue weighted by Crippen LogP contribution is -2.24. The topological polar surface area (TPSA) is 63.7 Å². The van der Waals surface area contributed by atoms with Crippen LogP contribution in [0, 0.1) is 0 Å². The van der Waals surface area contributed by atoms with E-state index in [9.17, 15) is 14.4 Å². The summed E-state index contributed by atoms with van der Waals surface area (Å²) < 4.78 is 5.23. The quantitative estimate of drug-likeness (QED) is 0.642. The predicted molar refractivity (Wildman–Crippen MR) is 83.3 cm³/mol. The average molecular weight is 309 g/mol. The van der Waals surface area contributed by atoms with Crippen molar-refractivity contribution < 1.29 is 19.1 Å². The lowest BCUT2D eigenvalue weighted by atomic mass is 10.1. The van der Waals surface area contributed by atoms with Crippen molar-refractivity contribution in [1.82, 2.24) is 4.90 Å². The Bertz CT molecular complexity index is 783. The van der Waals surface area contributed by atoms with Crippen LogP contribution in [0.1, 0.15) is 36.6 Å². The second-order valence-corrected chi connectivity index (χ2v) is 5.30. The second kappa shape index (κ2) is 6.04. The van der Waals surface area contributed by atoms with Gasteiger partial charge in [-0.05, 0) is 23.8 Å². The molecule has 0 fully saturated rings. The van der Waals surface area contributed by atoms with E-state index in [-0.39, 0.29) is 23.6 Å². The zero-order valence-corrected chi connectivity index (χ0v) is 12.6. The molecule has 0 atom stereocenters. The van der Waals surface area contributed by atoms with E-state index >= 15 is 0 Å². The number of benzene rings is 2. The zero-order valence-electron chi connectivity index (χ0n) is 12.6. The maximum Gasteiger partial charge on any atom is 0.338 e. The fourth-order valence-corrected chi connectivity index (χ4v) is 2.48. The van der Waals surface area contributed by atoms with Crippen molar-refractivity contribution >= 4 is 17.8 Å². The number of hydrogen-bond acceptors (Lipinski definition) is 4. The van der Waals surface area contributed by atoms with Crippen molar-refractivity contribution in [3.63, 3.8) is 0 Å². The highest BCUT2D eigenvalue weighted by Crippen LogP contribution is 2.23. The summed E-state index contributed by atoms with van der Waals surface area (Å²) in [7, 11) is 1.42. The van der Waals surface area contributed by atoms with Gasteiger partial charge in [-0.1, -0.05) is 30.3 Å². The molecule has 3 rings (SSSR count). The minimum absolute atomic E-state index is 0.245. The molecular weight excluding hydrogens is 294 g/mol. The van der Waals surface area contributed by atoms with Gasteiger partial charge in [0.1, 0.15) is 0 Å². The van der Waals surface area contributed by atoms with Crippen LogP contribution in [-0.2, 0) is 11.2 Å². The highest BCUT2D eigenvalue weighted by molar-refractivity contribution is 6.21. The van der Waals surface area contributed by atoms with Gasteiger partial charge in [0.05, 0.1) is 23.3 Å². The number of imide groups is 1. The van der Waals surface area contributed by atoms with Crippen LogP contribution in [-0.4, -0.2) is 36.3 Å². The van der Waals surface area contributed by atoms with Crippen LogP contribution in [0.4, 0.5) is 0 Å². The van der Waals surface area contributed by atoms with Gasteiger partial charge in [0, 0.05) is 13.5 Å². The number of rotatable bonds is 4. The molecule has 2 amide bonds. The summed E-state index contributed by atoms with van der Waals surface area (Å²) in [6.07, 6.45) is 0.623. The fourth-order valence-electron chi connectivity index (χ4n) is 2.48. The predicted octanol–water partition coefficient (Wildman–Crippen LogP) is 2.31. The number of amides is 2. The molecule has 116 valence electrons. The summed E-state index contributed by atoms with van der Waals surface area (Å²) in [5, 5.41) is 0. The van der Waals surface area contributed by atoms with Crippen molar-refractivity contribution in [2.24, 2.45) is 0 Å². The lowest BCUT2D eigenvalue weighted by molar-refractivity contribution is 0.0509. The van der Waals surface area contributed by atoms with Gasteiger partial charge in [-0.3, -0.25) is 14.5 Å². The van der Waals surface area contributed by atoms with Gasteiger partial charge in [0.25, 0.3) is 11.8 Å².